The molecule has 21 heavy (non-hydrogen) atoms. The first kappa shape index (κ1) is 13.6. The maximum atomic E-state index is 12.5. The molecule has 2 aliphatic rings. The van der Waals surface area contributed by atoms with Gasteiger partial charge in [0.25, 0.3) is 5.91 Å². The summed E-state index contributed by atoms with van der Waals surface area (Å²) in [6, 6.07) is 6.94. The number of urea groups is 1. The average Bonchev–Trinajstić information content (AvgIpc) is 2.75. The van der Waals surface area contributed by atoms with E-state index in [2.05, 4.69) is 10.6 Å². The normalized spacial score (nSPS) is 21.2. The topological polar surface area (TPSA) is 81.7 Å². The van der Waals surface area contributed by atoms with Gasteiger partial charge in [-0.2, -0.15) is 0 Å². The van der Waals surface area contributed by atoms with E-state index < -0.39 is 6.04 Å². The first-order valence-electron chi connectivity index (χ1n) is 6.88. The molecule has 6 heteroatoms. The lowest BCUT2D eigenvalue weighted by Gasteiger charge is -2.26. The molecule has 1 atom stereocenters. The monoisotopic (exact) mass is 287 g/mol. The predicted molar refractivity (Wildman–Crippen MR) is 76.3 cm³/mol. The number of carbonyl (C=O) groups excluding carboxylic acids is 2. The molecule has 1 aromatic carbocycles. The van der Waals surface area contributed by atoms with Crippen LogP contribution in [0.3, 0.4) is 0 Å². The van der Waals surface area contributed by atoms with Gasteiger partial charge in [0, 0.05) is 6.54 Å². The second kappa shape index (κ2) is 5.21. The summed E-state index contributed by atoms with van der Waals surface area (Å²) in [7, 11) is 0. The van der Waals surface area contributed by atoms with E-state index in [1.54, 1.807) is 4.90 Å². The van der Waals surface area contributed by atoms with Gasteiger partial charge in [0.15, 0.2) is 0 Å². The van der Waals surface area contributed by atoms with Crippen LogP contribution >= 0.6 is 0 Å². The van der Waals surface area contributed by atoms with Crippen molar-refractivity contribution in [3.63, 3.8) is 0 Å². The average molecular weight is 287 g/mol. The van der Waals surface area contributed by atoms with E-state index >= 15 is 0 Å². The second-order valence-corrected chi connectivity index (χ2v) is 5.23. The molecule has 0 bridgehead atoms. The third-order valence-electron chi connectivity index (χ3n) is 3.89. The van der Waals surface area contributed by atoms with Gasteiger partial charge in [0.05, 0.1) is 30.5 Å². The minimum absolute atomic E-state index is 0.0945. The van der Waals surface area contributed by atoms with E-state index in [1.165, 1.54) is 0 Å². The zero-order chi connectivity index (χ0) is 15.0. The number of nitrogens with zero attached hydrogens (tertiary/aromatic N) is 1. The van der Waals surface area contributed by atoms with Gasteiger partial charge in [-0.3, -0.25) is 4.79 Å². The van der Waals surface area contributed by atoms with E-state index in [-0.39, 0.29) is 25.1 Å². The number of amides is 3. The third kappa shape index (κ3) is 2.27. The number of benzene rings is 1. The summed E-state index contributed by atoms with van der Waals surface area (Å²) in [6.07, 6.45) is 0. The summed E-state index contributed by atoms with van der Waals surface area (Å²) in [5.41, 5.74) is 3.13. The molecule has 0 saturated carbocycles. The summed E-state index contributed by atoms with van der Waals surface area (Å²) in [6.45, 7) is 2.46. The first-order chi connectivity index (χ1) is 10.1. The minimum atomic E-state index is -0.439. The lowest BCUT2D eigenvalue weighted by atomic mass is 9.93. The molecular formula is C15H17N3O3. The number of rotatable bonds is 3. The highest BCUT2D eigenvalue weighted by atomic mass is 16.3. The molecule has 0 fully saturated rings. The fraction of sp³-hybridized carbons (Fsp3) is 0.333. The molecule has 0 aromatic heterocycles. The van der Waals surface area contributed by atoms with Crippen LogP contribution in [0, 0.1) is 6.92 Å². The van der Waals surface area contributed by atoms with E-state index in [9.17, 15) is 9.59 Å². The van der Waals surface area contributed by atoms with Crippen molar-refractivity contribution >= 4 is 11.9 Å². The summed E-state index contributed by atoms with van der Waals surface area (Å²) in [5.74, 6) is -0.139. The van der Waals surface area contributed by atoms with Crippen LogP contribution in [0.2, 0.25) is 0 Å². The van der Waals surface area contributed by atoms with Gasteiger partial charge in [-0.15, -0.1) is 0 Å². The molecule has 3 N–H and O–H groups in total. The van der Waals surface area contributed by atoms with Gasteiger partial charge >= 0.3 is 6.03 Å². The van der Waals surface area contributed by atoms with Crippen molar-refractivity contribution in [1.82, 2.24) is 15.5 Å². The number of aryl methyl sites for hydroxylation is 1. The fourth-order valence-electron chi connectivity index (χ4n) is 2.87. The van der Waals surface area contributed by atoms with E-state index in [0.717, 1.165) is 11.1 Å². The molecule has 0 spiro atoms. The van der Waals surface area contributed by atoms with Crippen LogP contribution in [0.5, 0.6) is 0 Å². The van der Waals surface area contributed by atoms with Crippen LogP contribution in [-0.2, 0) is 4.79 Å². The smallest absolute Gasteiger partial charge is 0.319 e. The Bertz CT molecular complexity index is 639. The Kier molecular flexibility index (Phi) is 3.39. The highest BCUT2D eigenvalue weighted by Crippen LogP contribution is 2.33. The van der Waals surface area contributed by atoms with Gasteiger partial charge < -0.3 is 20.6 Å². The number of nitrogens with one attached hydrogen (secondary N) is 2. The third-order valence-corrected chi connectivity index (χ3v) is 3.89. The van der Waals surface area contributed by atoms with Crippen LogP contribution in [0.15, 0.2) is 35.5 Å². The van der Waals surface area contributed by atoms with Crippen LogP contribution in [-0.4, -0.2) is 41.6 Å². The van der Waals surface area contributed by atoms with Crippen molar-refractivity contribution in [2.45, 2.75) is 13.0 Å². The van der Waals surface area contributed by atoms with Crippen LogP contribution in [0.1, 0.15) is 17.2 Å². The number of aliphatic hydroxyl groups is 1. The zero-order valence-corrected chi connectivity index (χ0v) is 11.7. The van der Waals surface area contributed by atoms with E-state index in [0.29, 0.717) is 17.8 Å². The van der Waals surface area contributed by atoms with E-state index in [4.69, 9.17) is 5.11 Å². The SMILES string of the molecule is Cc1ccccc1[C@@H]1NC(=O)NC2=C1C(=O)N(CCO)C2. The van der Waals surface area contributed by atoms with Gasteiger partial charge in [-0.05, 0) is 18.1 Å². The van der Waals surface area contributed by atoms with Gasteiger partial charge in [-0.25, -0.2) is 4.79 Å². The molecule has 0 aliphatic carbocycles. The molecule has 2 aliphatic heterocycles. The molecule has 0 radical (unpaired) electrons. The Labute approximate surface area is 122 Å². The Morgan fingerprint density at radius 2 is 2.10 bits per heavy atom. The summed E-state index contributed by atoms with van der Waals surface area (Å²) in [5, 5.41) is 14.6. The Morgan fingerprint density at radius 1 is 1.33 bits per heavy atom. The lowest BCUT2D eigenvalue weighted by Crippen LogP contribution is -2.44. The van der Waals surface area contributed by atoms with Crippen molar-refractivity contribution in [2.24, 2.45) is 0 Å². The number of carbonyl (C=O) groups is 2. The van der Waals surface area contributed by atoms with Crippen LogP contribution < -0.4 is 10.6 Å². The fourth-order valence-corrected chi connectivity index (χ4v) is 2.87. The maximum absolute atomic E-state index is 12.5. The zero-order valence-electron chi connectivity index (χ0n) is 11.7. The number of hydrogen-bond donors (Lipinski definition) is 3. The molecule has 0 unspecified atom stereocenters. The molecule has 0 saturated heterocycles. The Hall–Kier alpha value is -2.34. The molecule has 3 amide bonds. The van der Waals surface area contributed by atoms with Crippen LogP contribution in [0.25, 0.3) is 0 Å². The molecule has 110 valence electrons. The maximum Gasteiger partial charge on any atom is 0.319 e. The van der Waals surface area contributed by atoms with Crippen molar-refractivity contribution in [3.05, 3.63) is 46.7 Å². The number of aliphatic hydroxyl groups excluding tert-OH is 1. The highest BCUT2D eigenvalue weighted by Gasteiger charge is 2.40. The van der Waals surface area contributed by atoms with Crippen molar-refractivity contribution in [2.75, 3.05) is 19.7 Å². The highest BCUT2D eigenvalue weighted by molar-refractivity contribution is 6.01. The lowest BCUT2D eigenvalue weighted by molar-refractivity contribution is -0.126. The van der Waals surface area contributed by atoms with Gasteiger partial charge in [0.2, 0.25) is 0 Å². The number of β-amino-alcohol motifs (C(OH)–C–C–N with tert-alkyl or cyclic N) is 1. The Balaban J connectivity index is 2.01. The first-order valence-corrected chi connectivity index (χ1v) is 6.88. The summed E-state index contributed by atoms with van der Waals surface area (Å²) >= 11 is 0. The van der Waals surface area contributed by atoms with Crippen molar-refractivity contribution in [1.29, 1.82) is 0 Å². The van der Waals surface area contributed by atoms with Crippen molar-refractivity contribution < 1.29 is 14.7 Å². The van der Waals surface area contributed by atoms with E-state index in [1.807, 2.05) is 31.2 Å². The summed E-state index contributed by atoms with van der Waals surface area (Å²) in [4.78, 5) is 25.9. The molecular weight excluding hydrogens is 270 g/mol. The van der Waals surface area contributed by atoms with Crippen molar-refractivity contribution in [3.8, 4) is 0 Å². The molecule has 2 heterocycles. The predicted octanol–water partition coefficient (Wildman–Crippen LogP) is 0.438. The van der Waals surface area contributed by atoms with Gasteiger partial charge in [0.1, 0.15) is 0 Å². The minimum Gasteiger partial charge on any atom is -0.395 e. The molecule has 1 aromatic rings. The van der Waals surface area contributed by atoms with Crippen LogP contribution in [0.4, 0.5) is 4.79 Å². The summed E-state index contributed by atoms with van der Waals surface area (Å²) < 4.78 is 0. The second-order valence-electron chi connectivity index (χ2n) is 5.23. The molecule has 3 rings (SSSR count). The standard InChI is InChI=1S/C15H17N3O3/c1-9-4-2-3-5-10(9)13-12-11(16-15(21)17-13)8-18(6-7-19)14(12)20/h2-5,13,19H,6-8H2,1H3,(H2,16,17,21)/t13-/m0/s1. The molecule has 6 nitrogen and oxygen atoms in total. The largest absolute Gasteiger partial charge is 0.395 e. The van der Waals surface area contributed by atoms with Gasteiger partial charge in [-0.1, -0.05) is 24.3 Å². The Morgan fingerprint density at radius 3 is 2.81 bits per heavy atom. The number of hydrogen-bond acceptors (Lipinski definition) is 3. The quantitative estimate of drug-likeness (QED) is 0.754.